The second-order valence-corrected chi connectivity index (χ2v) is 5.20. The summed E-state index contributed by atoms with van der Waals surface area (Å²) >= 11 is 0. The molecule has 1 heterocycles. The summed E-state index contributed by atoms with van der Waals surface area (Å²) in [5.74, 6) is 0.603. The molecule has 0 spiro atoms. The number of carbonyl (C=O) groups excluding carboxylic acids is 1. The van der Waals surface area contributed by atoms with Crippen molar-refractivity contribution in [3.05, 3.63) is 0 Å². The Balaban J connectivity index is 1.92. The summed E-state index contributed by atoms with van der Waals surface area (Å²) in [7, 11) is 0. The zero-order chi connectivity index (χ0) is 12.4. The van der Waals surface area contributed by atoms with Crippen molar-refractivity contribution < 1.29 is 14.3 Å². The van der Waals surface area contributed by atoms with E-state index in [2.05, 4.69) is 11.8 Å². The van der Waals surface area contributed by atoms with Crippen LogP contribution in [0.5, 0.6) is 0 Å². The topological polar surface area (TPSA) is 38.8 Å². The Morgan fingerprint density at radius 3 is 2.76 bits per heavy atom. The third-order valence-electron chi connectivity index (χ3n) is 3.64. The molecule has 0 radical (unpaired) electrons. The van der Waals surface area contributed by atoms with Crippen LogP contribution in [0.1, 0.15) is 33.6 Å². The van der Waals surface area contributed by atoms with Crippen molar-refractivity contribution in [3.63, 3.8) is 0 Å². The molecule has 0 bridgehead atoms. The fourth-order valence-corrected chi connectivity index (χ4v) is 2.48. The van der Waals surface area contributed by atoms with Crippen LogP contribution in [0.4, 0.5) is 0 Å². The van der Waals surface area contributed by atoms with Crippen molar-refractivity contribution in [1.82, 2.24) is 4.90 Å². The molecule has 3 atom stereocenters. The van der Waals surface area contributed by atoms with Crippen molar-refractivity contribution in [2.45, 2.75) is 51.9 Å². The Hall–Kier alpha value is -0.610. The van der Waals surface area contributed by atoms with Gasteiger partial charge in [-0.15, -0.1) is 0 Å². The highest BCUT2D eigenvalue weighted by atomic mass is 16.5. The summed E-state index contributed by atoms with van der Waals surface area (Å²) in [6, 6.07) is -0.150. The first kappa shape index (κ1) is 12.8. The molecule has 0 aromatic heterocycles. The lowest BCUT2D eigenvalue weighted by atomic mass is 10.1. The first-order valence-electron chi connectivity index (χ1n) is 6.68. The molecule has 0 aromatic carbocycles. The van der Waals surface area contributed by atoms with E-state index < -0.39 is 0 Å². The van der Waals surface area contributed by atoms with E-state index in [4.69, 9.17) is 9.47 Å². The van der Waals surface area contributed by atoms with E-state index in [0.717, 1.165) is 19.0 Å². The van der Waals surface area contributed by atoms with Crippen LogP contribution in [0.3, 0.4) is 0 Å². The lowest BCUT2D eigenvalue weighted by Gasteiger charge is -2.39. The minimum absolute atomic E-state index is 0.115. The zero-order valence-electron chi connectivity index (χ0n) is 11.0. The lowest BCUT2D eigenvalue weighted by molar-refractivity contribution is -0.155. The quantitative estimate of drug-likeness (QED) is 0.698. The molecule has 2 fully saturated rings. The normalized spacial score (nSPS) is 32.2. The smallest absolute Gasteiger partial charge is 0.323 e. The van der Waals surface area contributed by atoms with E-state index >= 15 is 0 Å². The van der Waals surface area contributed by atoms with Crippen LogP contribution < -0.4 is 0 Å². The molecule has 17 heavy (non-hydrogen) atoms. The van der Waals surface area contributed by atoms with Gasteiger partial charge in [-0.25, -0.2) is 0 Å². The molecule has 1 saturated carbocycles. The van der Waals surface area contributed by atoms with Gasteiger partial charge >= 0.3 is 5.97 Å². The molecule has 1 aliphatic heterocycles. The fraction of sp³-hybridized carbons (Fsp3) is 0.923. The maximum absolute atomic E-state index is 11.7. The van der Waals surface area contributed by atoms with Crippen LogP contribution in [-0.4, -0.2) is 48.8 Å². The molecule has 4 nitrogen and oxygen atoms in total. The van der Waals surface area contributed by atoms with Crippen molar-refractivity contribution in [3.8, 4) is 0 Å². The predicted octanol–water partition coefficient (Wildman–Crippen LogP) is 1.44. The lowest BCUT2D eigenvalue weighted by Crippen LogP contribution is -2.53. The van der Waals surface area contributed by atoms with Gasteiger partial charge in [0, 0.05) is 13.1 Å². The molecule has 0 N–H and O–H groups in total. The molecular weight excluding hydrogens is 218 g/mol. The zero-order valence-corrected chi connectivity index (χ0v) is 11.0. The minimum Gasteiger partial charge on any atom is -0.465 e. The van der Waals surface area contributed by atoms with E-state index in [1.54, 1.807) is 0 Å². The first-order chi connectivity index (χ1) is 8.11. The Morgan fingerprint density at radius 2 is 2.18 bits per heavy atom. The number of nitrogens with zero attached hydrogens (tertiary/aromatic N) is 1. The SMILES string of the molecule is CCOC(=O)[C@H](C)N1C[C@H](C)O[C@@H](C2CC2)C1. The van der Waals surface area contributed by atoms with Crippen LogP contribution in [0.25, 0.3) is 0 Å². The van der Waals surface area contributed by atoms with Gasteiger partial charge in [0.25, 0.3) is 0 Å². The van der Waals surface area contributed by atoms with Gasteiger partial charge in [0.05, 0.1) is 18.8 Å². The third-order valence-corrected chi connectivity index (χ3v) is 3.64. The number of morpholine rings is 1. The van der Waals surface area contributed by atoms with Crippen LogP contribution in [0.2, 0.25) is 0 Å². The molecule has 1 saturated heterocycles. The molecule has 0 aromatic rings. The first-order valence-corrected chi connectivity index (χ1v) is 6.68. The third kappa shape index (κ3) is 3.19. The predicted molar refractivity (Wildman–Crippen MR) is 64.7 cm³/mol. The fourth-order valence-electron chi connectivity index (χ4n) is 2.48. The molecule has 98 valence electrons. The number of rotatable bonds is 4. The van der Waals surface area contributed by atoms with Crippen LogP contribution >= 0.6 is 0 Å². The monoisotopic (exact) mass is 241 g/mol. The van der Waals surface area contributed by atoms with E-state index in [1.807, 2.05) is 13.8 Å². The number of esters is 1. The van der Waals surface area contributed by atoms with Gasteiger partial charge in [-0.3, -0.25) is 9.69 Å². The molecule has 1 aliphatic carbocycles. The van der Waals surface area contributed by atoms with Crippen molar-refractivity contribution in [2.75, 3.05) is 19.7 Å². The van der Waals surface area contributed by atoms with Gasteiger partial charge < -0.3 is 9.47 Å². The Bertz CT molecular complexity index is 278. The number of hydrogen-bond acceptors (Lipinski definition) is 4. The standard InChI is InChI=1S/C13H23NO3/c1-4-16-13(15)10(3)14-7-9(2)17-12(8-14)11-5-6-11/h9-12H,4-8H2,1-3H3/t9-,10-,12+/m0/s1. The summed E-state index contributed by atoms with van der Waals surface area (Å²) in [4.78, 5) is 13.9. The van der Waals surface area contributed by atoms with Crippen molar-refractivity contribution in [1.29, 1.82) is 0 Å². The van der Waals surface area contributed by atoms with Gasteiger partial charge in [0.15, 0.2) is 0 Å². The molecule has 4 heteroatoms. The highest BCUT2D eigenvalue weighted by Crippen LogP contribution is 2.36. The van der Waals surface area contributed by atoms with E-state index in [1.165, 1.54) is 12.8 Å². The van der Waals surface area contributed by atoms with Gasteiger partial charge in [0.1, 0.15) is 6.04 Å². The molecule has 2 rings (SSSR count). The summed E-state index contributed by atoms with van der Waals surface area (Å²) in [6.07, 6.45) is 3.08. The van der Waals surface area contributed by atoms with Gasteiger partial charge in [-0.1, -0.05) is 0 Å². The average Bonchev–Trinajstić information content (AvgIpc) is 3.11. The van der Waals surface area contributed by atoms with E-state index in [0.29, 0.717) is 12.7 Å². The summed E-state index contributed by atoms with van der Waals surface area (Å²) in [5, 5.41) is 0. The van der Waals surface area contributed by atoms with Gasteiger partial charge in [-0.05, 0) is 39.5 Å². The van der Waals surface area contributed by atoms with Gasteiger partial charge in [-0.2, -0.15) is 0 Å². The van der Waals surface area contributed by atoms with E-state index in [9.17, 15) is 4.79 Å². The van der Waals surface area contributed by atoms with E-state index in [-0.39, 0.29) is 18.1 Å². The number of hydrogen-bond donors (Lipinski definition) is 0. The van der Waals surface area contributed by atoms with Crippen molar-refractivity contribution in [2.24, 2.45) is 5.92 Å². The average molecular weight is 241 g/mol. The molecule has 0 amide bonds. The van der Waals surface area contributed by atoms with Gasteiger partial charge in [0.2, 0.25) is 0 Å². The Labute approximate surface area is 103 Å². The largest absolute Gasteiger partial charge is 0.465 e. The van der Waals surface area contributed by atoms with Crippen molar-refractivity contribution >= 4 is 5.97 Å². The highest BCUT2D eigenvalue weighted by Gasteiger charge is 2.39. The minimum atomic E-state index is -0.150. The number of ether oxygens (including phenoxy) is 2. The van der Waals surface area contributed by atoms with Crippen LogP contribution in [0.15, 0.2) is 0 Å². The molecule has 0 unspecified atom stereocenters. The Kier molecular flexibility index (Phi) is 4.05. The molecular formula is C13H23NO3. The number of carbonyl (C=O) groups is 1. The summed E-state index contributed by atoms with van der Waals surface area (Å²) < 4.78 is 11.0. The molecule has 2 aliphatic rings. The second-order valence-electron chi connectivity index (χ2n) is 5.20. The van der Waals surface area contributed by atoms with Crippen LogP contribution in [-0.2, 0) is 14.3 Å². The summed E-state index contributed by atoms with van der Waals surface area (Å²) in [6.45, 7) is 8.01. The maximum atomic E-state index is 11.7. The Morgan fingerprint density at radius 1 is 1.47 bits per heavy atom. The summed E-state index contributed by atoms with van der Waals surface area (Å²) in [5.41, 5.74) is 0. The van der Waals surface area contributed by atoms with Crippen LogP contribution in [0, 0.1) is 5.92 Å². The second kappa shape index (κ2) is 5.36. The maximum Gasteiger partial charge on any atom is 0.323 e. The highest BCUT2D eigenvalue weighted by molar-refractivity contribution is 5.75.